The van der Waals surface area contributed by atoms with Crippen LogP contribution in [0, 0.1) is 13.8 Å². The third-order valence-electron chi connectivity index (χ3n) is 3.34. The van der Waals surface area contributed by atoms with Crippen molar-refractivity contribution in [3.8, 4) is 11.3 Å². The van der Waals surface area contributed by atoms with E-state index in [9.17, 15) is 4.79 Å². The second-order valence-corrected chi connectivity index (χ2v) is 5.37. The normalized spacial score (nSPS) is 10.5. The monoisotopic (exact) mass is 310 g/mol. The highest BCUT2D eigenvalue weighted by Gasteiger charge is 2.07. The first-order valence-corrected chi connectivity index (χ1v) is 7.28. The first-order chi connectivity index (χ1) is 11.1. The van der Waals surface area contributed by atoms with Gasteiger partial charge in [0.05, 0.1) is 12.2 Å². The molecule has 118 valence electrons. The first kappa shape index (κ1) is 14.8. The Labute approximate surface area is 133 Å². The Bertz CT molecular complexity index is 802. The largest absolute Gasteiger partial charge is 0.360 e. The molecule has 0 spiro atoms. The predicted molar refractivity (Wildman–Crippen MR) is 89.2 cm³/mol. The third-order valence-corrected chi connectivity index (χ3v) is 3.34. The molecule has 0 fully saturated rings. The van der Waals surface area contributed by atoms with Crippen molar-refractivity contribution >= 4 is 17.5 Å². The van der Waals surface area contributed by atoms with Crippen molar-refractivity contribution in [1.29, 1.82) is 0 Å². The predicted octanol–water partition coefficient (Wildman–Crippen LogP) is 2.47. The van der Waals surface area contributed by atoms with E-state index >= 15 is 0 Å². The topological polar surface area (TPSA) is 98.5 Å². The van der Waals surface area contributed by atoms with E-state index in [1.54, 1.807) is 6.07 Å². The van der Waals surface area contributed by atoms with Gasteiger partial charge < -0.3 is 10.6 Å². The average Bonchev–Trinajstić information content (AvgIpc) is 3.15. The van der Waals surface area contributed by atoms with Gasteiger partial charge in [-0.05, 0) is 19.4 Å². The van der Waals surface area contributed by atoms with Gasteiger partial charge in [-0.2, -0.15) is 10.2 Å². The molecule has 0 saturated carbocycles. The maximum atomic E-state index is 11.8. The lowest BCUT2D eigenvalue weighted by molar-refractivity contribution is -0.114. The van der Waals surface area contributed by atoms with Crippen molar-refractivity contribution in [3.05, 3.63) is 47.7 Å². The zero-order valence-corrected chi connectivity index (χ0v) is 13.0. The SMILES string of the molecule is Cc1ccc(-c2cc(NCC(=O)Nc3cc(C)[nH]n3)n[nH]2)cc1. The van der Waals surface area contributed by atoms with Gasteiger partial charge >= 0.3 is 0 Å². The lowest BCUT2D eigenvalue weighted by Gasteiger charge is -2.02. The fourth-order valence-corrected chi connectivity index (χ4v) is 2.13. The molecule has 3 rings (SSSR count). The summed E-state index contributed by atoms with van der Waals surface area (Å²) in [5.74, 6) is 0.946. The van der Waals surface area contributed by atoms with Crippen LogP contribution in [-0.2, 0) is 4.79 Å². The highest BCUT2D eigenvalue weighted by atomic mass is 16.2. The summed E-state index contributed by atoms with van der Waals surface area (Å²) in [5, 5.41) is 19.5. The van der Waals surface area contributed by atoms with Gasteiger partial charge in [0.1, 0.15) is 5.82 Å². The molecule has 7 heteroatoms. The standard InChI is InChI=1S/C16H18N6O/c1-10-3-5-12(6-4-10)13-8-14(21-20-13)17-9-16(23)18-15-7-11(2)19-22-15/h3-8H,9H2,1-2H3,(H2,17,20,21)(H2,18,19,22,23). The number of aryl methyl sites for hydroxylation is 2. The fourth-order valence-electron chi connectivity index (χ4n) is 2.13. The van der Waals surface area contributed by atoms with Gasteiger partial charge in [-0.25, -0.2) is 0 Å². The Balaban J connectivity index is 1.56. The van der Waals surface area contributed by atoms with Crippen LogP contribution < -0.4 is 10.6 Å². The Morgan fingerprint density at radius 2 is 1.78 bits per heavy atom. The molecule has 4 N–H and O–H groups in total. The molecule has 1 aromatic carbocycles. The minimum absolute atomic E-state index is 0.115. The molecule has 0 bridgehead atoms. The summed E-state index contributed by atoms with van der Waals surface area (Å²) in [4.78, 5) is 11.8. The lowest BCUT2D eigenvalue weighted by Crippen LogP contribution is -2.22. The number of hydrogen-bond acceptors (Lipinski definition) is 4. The van der Waals surface area contributed by atoms with E-state index in [4.69, 9.17) is 0 Å². The number of carbonyl (C=O) groups is 1. The molecule has 0 radical (unpaired) electrons. The molecule has 23 heavy (non-hydrogen) atoms. The van der Waals surface area contributed by atoms with Crippen molar-refractivity contribution in [2.75, 3.05) is 17.2 Å². The Morgan fingerprint density at radius 3 is 2.48 bits per heavy atom. The van der Waals surface area contributed by atoms with Gasteiger partial charge in [0.15, 0.2) is 5.82 Å². The van der Waals surface area contributed by atoms with Crippen LogP contribution in [0.1, 0.15) is 11.3 Å². The smallest absolute Gasteiger partial charge is 0.244 e. The van der Waals surface area contributed by atoms with E-state index in [0.717, 1.165) is 17.0 Å². The van der Waals surface area contributed by atoms with Crippen LogP contribution in [0.3, 0.4) is 0 Å². The van der Waals surface area contributed by atoms with E-state index in [-0.39, 0.29) is 12.5 Å². The van der Waals surface area contributed by atoms with E-state index in [1.807, 2.05) is 44.2 Å². The molecule has 3 aromatic rings. The molecule has 0 aliphatic carbocycles. The molecule has 0 saturated heterocycles. The summed E-state index contributed by atoms with van der Waals surface area (Å²) in [6.45, 7) is 4.03. The van der Waals surface area contributed by atoms with Crippen LogP contribution in [-0.4, -0.2) is 32.8 Å². The Hall–Kier alpha value is -3.09. The second-order valence-electron chi connectivity index (χ2n) is 5.37. The van der Waals surface area contributed by atoms with Gasteiger partial charge in [-0.15, -0.1) is 0 Å². The van der Waals surface area contributed by atoms with Crippen LogP contribution in [0.4, 0.5) is 11.6 Å². The molecule has 2 heterocycles. The zero-order chi connectivity index (χ0) is 16.2. The molecule has 0 aliphatic heterocycles. The molecule has 2 aromatic heterocycles. The maximum absolute atomic E-state index is 11.8. The number of H-pyrrole nitrogens is 2. The first-order valence-electron chi connectivity index (χ1n) is 7.28. The zero-order valence-electron chi connectivity index (χ0n) is 13.0. The highest BCUT2D eigenvalue weighted by molar-refractivity contribution is 5.92. The van der Waals surface area contributed by atoms with Gasteiger partial charge in [-0.3, -0.25) is 15.0 Å². The molecule has 1 amide bonds. The van der Waals surface area contributed by atoms with Crippen molar-refractivity contribution in [3.63, 3.8) is 0 Å². The van der Waals surface area contributed by atoms with E-state index in [0.29, 0.717) is 11.6 Å². The van der Waals surface area contributed by atoms with Gasteiger partial charge in [0.25, 0.3) is 0 Å². The number of amides is 1. The van der Waals surface area contributed by atoms with Crippen LogP contribution in [0.25, 0.3) is 11.3 Å². The summed E-state index contributed by atoms with van der Waals surface area (Å²) < 4.78 is 0. The number of anilines is 2. The number of rotatable bonds is 5. The molecule has 0 atom stereocenters. The van der Waals surface area contributed by atoms with Crippen molar-refractivity contribution < 1.29 is 4.79 Å². The number of carbonyl (C=O) groups excluding carboxylic acids is 1. The van der Waals surface area contributed by atoms with Crippen LogP contribution in [0.5, 0.6) is 0 Å². The summed E-state index contributed by atoms with van der Waals surface area (Å²) in [6, 6.07) is 11.8. The quantitative estimate of drug-likeness (QED) is 0.582. The minimum atomic E-state index is -0.184. The molecule has 0 unspecified atom stereocenters. The number of aromatic amines is 2. The second kappa shape index (κ2) is 6.35. The summed E-state index contributed by atoms with van der Waals surface area (Å²) >= 11 is 0. The number of benzene rings is 1. The van der Waals surface area contributed by atoms with Gasteiger partial charge in [0, 0.05) is 17.8 Å². The number of nitrogens with one attached hydrogen (secondary N) is 4. The highest BCUT2D eigenvalue weighted by Crippen LogP contribution is 2.19. The van der Waals surface area contributed by atoms with Crippen LogP contribution in [0.15, 0.2) is 36.4 Å². The lowest BCUT2D eigenvalue weighted by atomic mass is 10.1. The van der Waals surface area contributed by atoms with E-state index in [1.165, 1.54) is 5.56 Å². The van der Waals surface area contributed by atoms with Gasteiger partial charge in [-0.1, -0.05) is 29.8 Å². The molecule has 7 nitrogen and oxygen atoms in total. The number of nitrogens with zero attached hydrogens (tertiary/aromatic N) is 2. The van der Waals surface area contributed by atoms with Crippen molar-refractivity contribution in [1.82, 2.24) is 20.4 Å². The minimum Gasteiger partial charge on any atom is -0.360 e. The molecular formula is C16H18N6O. The Morgan fingerprint density at radius 1 is 1.04 bits per heavy atom. The Kier molecular flexibility index (Phi) is 4.09. The number of hydrogen-bond donors (Lipinski definition) is 4. The average molecular weight is 310 g/mol. The maximum Gasteiger partial charge on any atom is 0.244 e. The van der Waals surface area contributed by atoms with E-state index in [2.05, 4.69) is 31.0 Å². The molecular weight excluding hydrogens is 292 g/mol. The van der Waals surface area contributed by atoms with E-state index < -0.39 is 0 Å². The molecule has 0 aliphatic rings. The summed E-state index contributed by atoms with van der Waals surface area (Å²) in [7, 11) is 0. The van der Waals surface area contributed by atoms with Crippen LogP contribution >= 0.6 is 0 Å². The van der Waals surface area contributed by atoms with Crippen LogP contribution in [0.2, 0.25) is 0 Å². The fraction of sp³-hybridized carbons (Fsp3) is 0.188. The summed E-state index contributed by atoms with van der Waals surface area (Å²) in [5.41, 5.74) is 4.05. The van der Waals surface area contributed by atoms with Gasteiger partial charge in [0.2, 0.25) is 5.91 Å². The van der Waals surface area contributed by atoms with Crippen molar-refractivity contribution in [2.45, 2.75) is 13.8 Å². The third kappa shape index (κ3) is 3.76. The summed E-state index contributed by atoms with van der Waals surface area (Å²) in [6.07, 6.45) is 0. The number of aromatic nitrogens is 4. The van der Waals surface area contributed by atoms with Crippen molar-refractivity contribution in [2.24, 2.45) is 0 Å².